The molecule has 0 saturated heterocycles. The average molecular weight is 861 g/mol. The fraction of sp³-hybridized carbons (Fsp3) is 0.941. The number of carboxylic acid groups (broad SMARTS) is 3. The molecule has 0 spiro atoms. The minimum atomic E-state index is -0.954. The zero-order chi connectivity index (χ0) is 45.4. The summed E-state index contributed by atoms with van der Waals surface area (Å²) in [7, 11) is 0. The van der Waals surface area contributed by atoms with Crippen LogP contribution in [0.15, 0.2) is 0 Å². The molecule has 0 atom stereocenters. The fourth-order valence-electron chi connectivity index (χ4n) is 6.94. The summed E-state index contributed by atoms with van der Waals surface area (Å²) >= 11 is 0. The molecule has 6 N–H and O–H groups in total. The highest BCUT2D eigenvalue weighted by Crippen LogP contribution is 2.15. The van der Waals surface area contributed by atoms with Crippen molar-refractivity contribution in [3.63, 3.8) is 0 Å². The van der Waals surface area contributed by atoms with Gasteiger partial charge in [0, 0.05) is 19.3 Å². The van der Waals surface area contributed by atoms with Crippen molar-refractivity contribution in [2.45, 2.75) is 297 Å². The topological polar surface area (TPSA) is 173 Å². The molecule has 9 heteroatoms. The van der Waals surface area contributed by atoms with E-state index in [-0.39, 0.29) is 13.2 Å². The Bertz CT molecular complexity index is 708. The van der Waals surface area contributed by atoms with Crippen molar-refractivity contribution in [1.82, 2.24) is 0 Å². The van der Waals surface area contributed by atoms with Crippen LogP contribution in [-0.2, 0) is 14.4 Å². The van der Waals surface area contributed by atoms with E-state index in [1.165, 1.54) is 212 Å². The lowest BCUT2D eigenvalue weighted by Crippen LogP contribution is -2.15. The van der Waals surface area contributed by atoms with Crippen LogP contribution in [0.4, 0.5) is 0 Å². The molecule has 0 aliphatic rings. The van der Waals surface area contributed by atoms with Gasteiger partial charge in [-0.1, -0.05) is 252 Å². The number of rotatable bonds is 44. The van der Waals surface area contributed by atoms with Crippen molar-refractivity contribution >= 4 is 17.9 Å². The van der Waals surface area contributed by atoms with Crippen LogP contribution in [0.2, 0.25) is 0 Å². The van der Waals surface area contributed by atoms with Gasteiger partial charge in [-0.15, -0.1) is 0 Å². The second-order valence-electron chi connectivity index (χ2n) is 17.2. The standard InChI is InChI=1S/3C16H32O2.C3H8O3/c3*1-2-3-4-5-6-7-8-9-10-11-12-13-14-15-16(17)18;4-1-3(6)2-5/h3*2-15H2,1H3,(H,17,18);3-6H,1-2H2. The molecule has 0 heterocycles. The number of carboxylic acids is 3. The van der Waals surface area contributed by atoms with E-state index < -0.39 is 24.0 Å². The van der Waals surface area contributed by atoms with Gasteiger partial charge in [-0.2, -0.15) is 0 Å². The summed E-state index contributed by atoms with van der Waals surface area (Å²) in [6.07, 6.45) is 50.9. The smallest absolute Gasteiger partial charge is 0.303 e. The summed E-state index contributed by atoms with van der Waals surface area (Å²) in [6, 6.07) is 0. The number of hydrogen-bond donors (Lipinski definition) is 6. The molecular weight excluding hydrogens is 757 g/mol. The molecule has 0 aliphatic carbocycles. The largest absolute Gasteiger partial charge is 0.481 e. The average Bonchev–Trinajstić information content (AvgIpc) is 3.23. The predicted molar refractivity (Wildman–Crippen MR) is 254 cm³/mol. The molecule has 9 nitrogen and oxygen atoms in total. The van der Waals surface area contributed by atoms with Crippen molar-refractivity contribution in [2.75, 3.05) is 13.2 Å². The fourth-order valence-corrected chi connectivity index (χ4v) is 6.94. The molecule has 0 radical (unpaired) electrons. The Morgan fingerprint density at radius 1 is 0.283 bits per heavy atom. The molecule has 0 bridgehead atoms. The molecule has 0 fully saturated rings. The van der Waals surface area contributed by atoms with Gasteiger partial charge in [-0.05, 0) is 19.3 Å². The molecule has 0 rings (SSSR count). The van der Waals surface area contributed by atoms with Gasteiger partial charge in [0.15, 0.2) is 0 Å². The van der Waals surface area contributed by atoms with Crippen LogP contribution in [0.25, 0.3) is 0 Å². The maximum Gasteiger partial charge on any atom is 0.303 e. The van der Waals surface area contributed by atoms with Gasteiger partial charge < -0.3 is 30.6 Å². The van der Waals surface area contributed by atoms with Gasteiger partial charge in [0.1, 0.15) is 6.10 Å². The van der Waals surface area contributed by atoms with Crippen molar-refractivity contribution in [1.29, 1.82) is 0 Å². The molecule has 0 unspecified atom stereocenters. The Hall–Kier alpha value is -1.71. The molecule has 0 amide bonds. The lowest BCUT2D eigenvalue weighted by molar-refractivity contribution is -0.138. The van der Waals surface area contributed by atoms with E-state index in [0.29, 0.717) is 19.3 Å². The van der Waals surface area contributed by atoms with E-state index in [9.17, 15) is 14.4 Å². The number of unbranched alkanes of at least 4 members (excludes halogenated alkanes) is 36. The van der Waals surface area contributed by atoms with Crippen molar-refractivity contribution < 1.29 is 45.0 Å². The monoisotopic (exact) mass is 861 g/mol. The van der Waals surface area contributed by atoms with Crippen molar-refractivity contribution in [2.24, 2.45) is 0 Å². The van der Waals surface area contributed by atoms with Crippen LogP contribution < -0.4 is 0 Å². The third-order valence-electron chi connectivity index (χ3n) is 10.9. The number of aliphatic carboxylic acids is 3. The molecule has 362 valence electrons. The van der Waals surface area contributed by atoms with Gasteiger partial charge in [0.25, 0.3) is 0 Å². The Morgan fingerprint density at radius 3 is 0.517 bits per heavy atom. The molecule has 0 aliphatic heterocycles. The quantitative estimate of drug-likeness (QED) is 0.0326. The summed E-state index contributed by atoms with van der Waals surface area (Å²) in [5.41, 5.74) is 0. The first-order valence-corrected chi connectivity index (χ1v) is 25.7. The first-order chi connectivity index (χ1) is 29.1. The summed E-state index contributed by atoms with van der Waals surface area (Å²) in [5, 5.41) is 49.5. The second kappa shape index (κ2) is 61.6. The predicted octanol–water partition coefficient (Wildman–Crippen LogP) is 15.0. The first kappa shape index (κ1) is 64.9. The van der Waals surface area contributed by atoms with E-state index in [1.54, 1.807) is 0 Å². The van der Waals surface area contributed by atoms with E-state index in [2.05, 4.69) is 20.8 Å². The lowest BCUT2D eigenvalue weighted by Gasteiger charge is -2.02. The molecule has 0 saturated carbocycles. The Morgan fingerprint density at radius 2 is 0.417 bits per heavy atom. The van der Waals surface area contributed by atoms with E-state index in [4.69, 9.17) is 30.6 Å². The van der Waals surface area contributed by atoms with Gasteiger partial charge in [0.05, 0.1) is 13.2 Å². The highest BCUT2D eigenvalue weighted by atomic mass is 16.4. The number of aliphatic hydroxyl groups is 3. The zero-order valence-corrected chi connectivity index (χ0v) is 40.1. The van der Waals surface area contributed by atoms with Crippen LogP contribution in [0.5, 0.6) is 0 Å². The van der Waals surface area contributed by atoms with Crippen LogP contribution in [0.1, 0.15) is 290 Å². The van der Waals surface area contributed by atoms with Crippen molar-refractivity contribution in [3.05, 3.63) is 0 Å². The summed E-state index contributed by atoms with van der Waals surface area (Å²) in [5.74, 6) is -1.96. The first-order valence-electron chi connectivity index (χ1n) is 25.7. The van der Waals surface area contributed by atoms with Crippen molar-refractivity contribution in [3.8, 4) is 0 Å². The SMILES string of the molecule is CCCCCCCCCCCCCCCC(=O)O.CCCCCCCCCCCCCCCC(=O)O.CCCCCCCCCCCCCCCC(=O)O.OCC(O)CO. The van der Waals surface area contributed by atoms with Crippen LogP contribution >= 0.6 is 0 Å². The second-order valence-corrected chi connectivity index (χ2v) is 17.2. The lowest BCUT2D eigenvalue weighted by atomic mass is 10.0. The van der Waals surface area contributed by atoms with Gasteiger partial charge in [-0.25, -0.2) is 0 Å². The Labute approximate surface area is 371 Å². The van der Waals surface area contributed by atoms with Gasteiger partial charge in [-0.3, -0.25) is 14.4 Å². The van der Waals surface area contributed by atoms with E-state index >= 15 is 0 Å². The highest BCUT2D eigenvalue weighted by molar-refractivity contribution is 5.67. The van der Waals surface area contributed by atoms with Gasteiger partial charge in [0.2, 0.25) is 0 Å². The number of aliphatic hydroxyl groups excluding tert-OH is 3. The number of carbonyl (C=O) groups is 3. The minimum Gasteiger partial charge on any atom is -0.481 e. The molecular formula is C51H104O9. The summed E-state index contributed by atoms with van der Waals surface area (Å²) < 4.78 is 0. The number of hydrogen-bond acceptors (Lipinski definition) is 6. The maximum absolute atomic E-state index is 10.3. The van der Waals surface area contributed by atoms with Crippen LogP contribution in [-0.4, -0.2) is 67.9 Å². The normalized spacial score (nSPS) is 10.7. The Balaban J connectivity index is -0.000000366. The molecule has 60 heavy (non-hydrogen) atoms. The maximum atomic E-state index is 10.3. The molecule has 0 aromatic carbocycles. The van der Waals surface area contributed by atoms with Gasteiger partial charge >= 0.3 is 17.9 Å². The van der Waals surface area contributed by atoms with E-state index in [1.807, 2.05) is 0 Å². The molecule has 0 aromatic heterocycles. The summed E-state index contributed by atoms with van der Waals surface area (Å²) in [6.45, 7) is 6.05. The third kappa shape index (κ3) is 76.9. The van der Waals surface area contributed by atoms with Crippen LogP contribution in [0.3, 0.4) is 0 Å². The highest BCUT2D eigenvalue weighted by Gasteiger charge is 2.00. The third-order valence-corrected chi connectivity index (χ3v) is 10.9. The van der Waals surface area contributed by atoms with E-state index in [0.717, 1.165) is 38.5 Å². The molecule has 0 aromatic rings. The zero-order valence-electron chi connectivity index (χ0n) is 40.1. The Kier molecular flexibility index (Phi) is 66.6. The summed E-state index contributed by atoms with van der Waals surface area (Å²) in [4.78, 5) is 30.9. The van der Waals surface area contributed by atoms with Crippen LogP contribution in [0, 0.1) is 0 Å². The minimum absolute atomic E-state index is 0.345.